The Balaban J connectivity index is 1.90. The van der Waals surface area contributed by atoms with Gasteiger partial charge in [-0.3, -0.25) is 9.63 Å². The van der Waals surface area contributed by atoms with Crippen molar-refractivity contribution in [3.8, 4) is 0 Å². The van der Waals surface area contributed by atoms with Gasteiger partial charge < -0.3 is 5.32 Å². The van der Waals surface area contributed by atoms with Gasteiger partial charge in [0.15, 0.2) is 11.6 Å². The first-order valence-corrected chi connectivity index (χ1v) is 9.02. The van der Waals surface area contributed by atoms with Crippen molar-refractivity contribution in [3.63, 3.8) is 0 Å². The van der Waals surface area contributed by atoms with Gasteiger partial charge >= 0.3 is 0 Å². The van der Waals surface area contributed by atoms with E-state index in [2.05, 4.69) is 31.7 Å². The van der Waals surface area contributed by atoms with Crippen LogP contribution >= 0.6 is 27.5 Å². The second-order valence-electron chi connectivity index (χ2n) is 6.06. The van der Waals surface area contributed by atoms with E-state index < -0.39 is 22.6 Å². The second-order valence-corrected chi connectivity index (χ2v) is 7.32. The number of nitrogens with zero attached hydrogens (tertiary/aromatic N) is 1. The zero-order chi connectivity index (χ0) is 18.8. The molecule has 138 valence electrons. The molecule has 5 nitrogen and oxygen atoms in total. The van der Waals surface area contributed by atoms with Gasteiger partial charge in [0, 0.05) is 6.20 Å². The third-order valence-corrected chi connectivity index (χ3v) is 4.69. The van der Waals surface area contributed by atoms with E-state index in [1.54, 1.807) is 12.3 Å². The number of aryl methyl sites for hydroxylation is 1. The maximum atomic E-state index is 14.5. The highest BCUT2D eigenvalue weighted by molar-refractivity contribution is 9.10. The molecule has 0 saturated heterocycles. The number of nitrogens with one attached hydrogen (secondary N) is 2. The van der Waals surface area contributed by atoms with E-state index in [0.717, 1.165) is 24.5 Å². The predicted octanol–water partition coefficient (Wildman–Crippen LogP) is 4.90. The second kappa shape index (κ2) is 7.85. The molecule has 1 aromatic heterocycles. The van der Waals surface area contributed by atoms with Crippen LogP contribution in [0.25, 0.3) is 0 Å². The van der Waals surface area contributed by atoms with Crippen LogP contribution in [0.15, 0.2) is 22.8 Å². The molecule has 1 aromatic carbocycles. The summed E-state index contributed by atoms with van der Waals surface area (Å²) in [5.41, 5.74) is 2.53. The number of amides is 1. The Morgan fingerprint density at radius 3 is 2.77 bits per heavy atom. The van der Waals surface area contributed by atoms with Crippen molar-refractivity contribution in [2.24, 2.45) is 5.92 Å². The lowest BCUT2D eigenvalue weighted by Gasteiger charge is -2.15. The molecule has 1 aliphatic rings. The Labute approximate surface area is 162 Å². The van der Waals surface area contributed by atoms with Crippen LogP contribution in [-0.4, -0.2) is 17.5 Å². The summed E-state index contributed by atoms with van der Waals surface area (Å²) in [5.74, 6) is -2.62. The van der Waals surface area contributed by atoms with Crippen LogP contribution in [0.1, 0.15) is 28.8 Å². The van der Waals surface area contributed by atoms with E-state index in [1.807, 2.05) is 6.92 Å². The molecular formula is C17H15BrClF2N3O2. The molecule has 9 heteroatoms. The number of rotatable bonds is 6. The lowest BCUT2D eigenvalue weighted by atomic mass is 10.1. The standard InChI is InChI=1S/C17H15BrClF2N3O2/c1-8-4-11(18)16(22-6-8)23-15-10(5-12(19)13(20)14(15)21)17(25)24-26-7-9-2-3-9/h4-6,9H,2-3,7H2,1H3,(H,22,23)(H,24,25). The Kier molecular flexibility index (Phi) is 5.74. The minimum atomic E-state index is -1.28. The molecular weight excluding hydrogens is 432 g/mol. The fraction of sp³-hybridized carbons (Fsp3) is 0.294. The summed E-state index contributed by atoms with van der Waals surface area (Å²) in [6.45, 7) is 2.21. The van der Waals surface area contributed by atoms with E-state index in [0.29, 0.717) is 17.0 Å². The van der Waals surface area contributed by atoms with E-state index >= 15 is 0 Å². The number of pyridine rings is 1. The van der Waals surface area contributed by atoms with Gasteiger partial charge in [0.2, 0.25) is 0 Å². The van der Waals surface area contributed by atoms with Crippen molar-refractivity contribution in [1.29, 1.82) is 0 Å². The van der Waals surface area contributed by atoms with Gasteiger partial charge in [0.05, 0.1) is 27.4 Å². The molecule has 1 aliphatic carbocycles. The Morgan fingerprint density at radius 1 is 1.38 bits per heavy atom. The Morgan fingerprint density at radius 2 is 2.12 bits per heavy atom. The van der Waals surface area contributed by atoms with Crippen LogP contribution in [0.4, 0.5) is 20.3 Å². The molecule has 1 amide bonds. The third kappa shape index (κ3) is 4.31. The molecule has 0 atom stereocenters. The molecule has 0 bridgehead atoms. The van der Waals surface area contributed by atoms with Crippen molar-refractivity contribution >= 4 is 44.9 Å². The SMILES string of the molecule is Cc1cnc(Nc2c(C(=O)NOCC3CC3)cc(Cl)c(F)c2F)c(Br)c1. The van der Waals surface area contributed by atoms with Gasteiger partial charge in [-0.05, 0) is 59.3 Å². The van der Waals surface area contributed by atoms with Crippen molar-refractivity contribution < 1.29 is 18.4 Å². The summed E-state index contributed by atoms with van der Waals surface area (Å²) >= 11 is 8.99. The number of aromatic nitrogens is 1. The molecule has 2 N–H and O–H groups in total. The van der Waals surface area contributed by atoms with Gasteiger partial charge in [-0.15, -0.1) is 0 Å². The number of hydrogen-bond acceptors (Lipinski definition) is 4. The summed E-state index contributed by atoms with van der Waals surface area (Å²) in [6, 6.07) is 2.79. The van der Waals surface area contributed by atoms with Gasteiger partial charge in [0.1, 0.15) is 5.82 Å². The average Bonchev–Trinajstić information content (AvgIpc) is 3.41. The number of hydrogen-bond donors (Lipinski definition) is 2. The normalized spacial score (nSPS) is 13.6. The number of hydroxylamine groups is 1. The van der Waals surface area contributed by atoms with Gasteiger partial charge in [-0.2, -0.15) is 0 Å². The highest BCUT2D eigenvalue weighted by atomic mass is 79.9. The summed E-state index contributed by atoms with van der Waals surface area (Å²) in [7, 11) is 0. The topological polar surface area (TPSA) is 63.2 Å². The quantitative estimate of drug-likeness (QED) is 0.489. The first kappa shape index (κ1) is 19.0. The molecule has 0 aliphatic heterocycles. The molecule has 2 aromatic rings. The first-order valence-electron chi connectivity index (χ1n) is 7.85. The molecule has 3 rings (SSSR count). The van der Waals surface area contributed by atoms with E-state index in [4.69, 9.17) is 16.4 Å². The lowest BCUT2D eigenvalue weighted by Crippen LogP contribution is -2.26. The smallest absolute Gasteiger partial charge is 0.277 e. The van der Waals surface area contributed by atoms with Gasteiger partial charge in [-0.1, -0.05) is 11.6 Å². The summed E-state index contributed by atoms with van der Waals surface area (Å²) in [4.78, 5) is 21.6. The van der Waals surface area contributed by atoms with Crippen LogP contribution in [0, 0.1) is 24.5 Å². The minimum Gasteiger partial charge on any atom is -0.336 e. The highest BCUT2D eigenvalue weighted by Gasteiger charge is 2.25. The number of carbonyl (C=O) groups excluding carboxylic acids is 1. The fourth-order valence-corrected chi connectivity index (χ4v) is 2.96. The molecule has 0 radical (unpaired) electrons. The molecule has 1 saturated carbocycles. The van der Waals surface area contributed by atoms with Gasteiger partial charge in [-0.25, -0.2) is 19.2 Å². The lowest BCUT2D eigenvalue weighted by molar-refractivity contribution is 0.0270. The third-order valence-electron chi connectivity index (χ3n) is 3.81. The number of benzene rings is 1. The van der Waals surface area contributed by atoms with Crippen molar-refractivity contribution in [1.82, 2.24) is 10.5 Å². The van der Waals surface area contributed by atoms with Crippen molar-refractivity contribution in [3.05, 3.63) is 50.6 Å². The first-order chi connectivity index (χ1) is 12.4. The maximum Gasteiger partial charge on any atom is 0.277 e. The van der Waals surface area contributed by atoms with E-state index in [1.165, 1.54) is 0 Å². The average molecular weight is 447 g/mol. The summed E-state index contributed by atoms with van der Waals surface area (Å²) in [6.07, 6.45) is 3.65. The number of halogens is 4. The van der Waals surface area contributed by atoms with E-state index in [9.17, 15) is 13.6 Å². The molecule has 1 heterocycles. The monoisotopic (exact) mass is 445 g/mol. The van der Waals surface area contributed by atoms with Crippen LogP contribution in [-0.2, 0) is 4.84 Å². The van der Waals surface area contributed by atoms with Crippen LogP contribution in [0.2, 0.25) is 5.02 Å². The van der Waals surface area contributed by atoms with Crippen LogP contribution in [0.5, 0.6) is 0 Å². The summed E-state index contributed by atoms with van der Waals surface area (Å²) in [5, 5.41) is 2.15. The Bertz CT molecular complexity index is 862. The van der Waals surface area contributed by atoms with Crippen molar-refractivity contribution in [2.45, 2.75) is 19.8 Å². The molecule has 26 heavy (non-hydrogen) atoms. The highest BCUT2D eigenvalue weighted by Crippen LogP contribution is 2.33. The molecule has 0 unspecified atom stereocenters. The van der Waals surface area contributed by atoms with Crippen LogP contribution in [0.3, 0.4) is 0 Å². The van der Waals surface area contributed by atoms with Crippen LogP contribution < -0.4 is 10.8 Å². The van der Waals surface area contributed by atoms with E-state index in [-0.39, 0.29) is 17.1 Å². The predicted molar refractivity (Wildman–Crippen MR) is 97.5 cm³/mol. The Hall–Kier alpha value is -1.77. The van der Waals surface area contributed by atoms with Gasteiger partial charge in [0.25, 0.3) is 5.91 Å². The maximum absolute atomic E-state index is 14.5. The zero-order valence-corrected chi connectivity index (χ0v) is 16.0. The fourth-order valence-electron chi connectivity index (χ4n) is 2.20. The largest absolute Gasteiger partial charge is 0.336 e. The number of anilines is 2. The minimum absolute atomic E-state index is 0.195. The molecule has 1 fully saturated rings. The number of carbonyl (C=O) groups is 1. The summed E-state index contributed by atoms with van der Waals surface area (Å²) < 4.78 is 28.9. The zero-order valence-electron chi connectivity index (χ0n) is 13.7. The van der Waals surface area contributed by atoms with Crippen molar-refractivity contribution in [2.75, 3.05) is 11.9 Å². The molecule has 0 spiro atoms.